The van der Waals surface area contributed by atoms with Crippen molar-refractivity contribution in [3.05, 3.63) is 41.2 Å². The molecule has 1 aromatic carbocycles. The summed E-state index contributed by atoms with van der Waals surface area (Å²) in [5.41, 5.74) is 2.71. The maximum Gasteiger partial charge on any atom is 0.163 e. The first kappa shape index (κ1) is 18.3. The van der Waals surface area contributed by atoms with Crippen LogP contribution in [0.3, 0.4) is 0 Å². The molecule has 1 aliphatic heterocycles. The Morgan fingerprint density at radius 3 is 2.77 bits per heavy atom. The van der Waals surface area contributed by atoms with E-state index >= 15 is 0 Å². The SMILES string of the molecule is CN/C=C\c1[nH]nc(Nc2ccc3c(c2)CN(C(C)(C)C)S3=O)c1C=O. The summed E-state index contributed by atoms with van der Waals surface area (Å²) in [6.45, 7) is 6.78. The molecule has 3 rings (SSSR count). The molecule has 0 saturated carbocycles. The maximum atomic E-state index is 12.7. The van der Waals surface area contributed by atoms with Crippen molar-refractivity contribution in [3.63, 3.8) is 0 Å². The predicted molar refractivity (Wildman–Crippen MR) is 103 cm³/mol. The van der Waals surface area contributed by atoms with Gasteiger partial charge in [-0.1, -0.05) is 0 Å². The lowest BCUT2D eigenvalue weighted by molar-refractivity contribution is 0.112. The van der Waals surface area contributed by atoms with Crippen LogP contribution in [0, 0.1) is 0 Å². The van der Waals surface area contributed by atoms with Crippen LogP contribution in [0.2, 0.25) is 0 Å². The summed E-state index contributed by atoms with van der Waals surface area (Å²) in [7, 11) is 0.626. The Labute approximate surface area is 155 Å². The van der Waals surface area contributed by atoms with Gasteiger partial charge in [0.25, 0.3) is 0 Å². The number of aromatic nitrogens is 2. The molecular weight excluding hydrogens is 350 g/mol. The molecule has 0 amide bonds. The summed E-state index contributed by atoms with van der Waals surface area (Å²) < 4.78 is 14.6. The number of fused-ring (bicyclic) bond motifs is 1. The Bertz CT molecular complexity index is 882. The van der Waals surface area contributed by atoms with E-state index in [0.717, 1.165) is 22.4 Å². The fourth-order valence-electron chi connectivity index (χ4n) is 2.78. The topological polar surface area (TPSA) is 90.1 Å². The van der Waals surface area contributed by atoms with Gasteiger partial charge < -0.3 is 10.6 Å². The number of carbonyl (C=O) groups is 1. The van der Waals surface area contributed by atoms with Gasteiger partial charge in [-0.05, 0) is 56.8 Å². The van der Waals surface area contributed by atoms with Crippen molar-refractivity contribution in [1.29, 1.82) is 0 Å². The lowest BCUT2D eigenvalue weighted by Crippen LogP contribution is -2.38. The van der Waals surface area contributed by atoms with E-state index in [1.54, 1.807) is 19.3 Å². The second kappa shape index (κ2) is 7.05. The summed E-state index contributed by atoms with van der Waals surface area (Å²) >= 11 is 0. The van der Waals surface area contributed by atoms with E-state index in [1.807, 2.05) is 22.5 Å². The molecule has 8 heteroatoms. The van der Waals surface area contributed by atoms with Crippen molar-refractivity contribution < 1.29 is 9.00 Å². The first-order valence-corrected chi connectivity index (χ1v) is 9.42. The third-order valence-corrected chi connectivity index (χ3v) is 5.99. The van der Waals surface area contributed by atoms with Crippen molar-refractivity contribution in [2.24, 2.45) is 0 Å². The zero-order valence-corrected chi connectivity index (χ0v) is 16.1. The Balaban J connectivity index is 1.86. The van der Waals surface area contributed by atoms with Gasteiger partial charge in [0.2, 0.25) is 0 Å². The van der Waals surface area contributed by atoms with Gasteiger partial charge in [-0.15, -0.1) is 0 Å². The fourth-order valence-corrected chi connectivity index (χ4v) is 4.30. The monoisotopic (exact) mass is 373 g/mol. The highest BCUT2D eigenvalue weighted by atomic mass is 32.2. The van der Waals surface area contributed by atoms with Gasteiger partial charge in [0, 0.05) is 24.8 Å². The molecule has 1 aromatic heterocycles. The predicted octanol–water partition coefficient (Wildman–Crippen LogP) is 2.79. The second-order valence-corrected chi connectivity index (χ2v) is 8.42. The highest BCUT2D eigenvalue weighted by molar-refractivity contribution is 7.83. The number of carbonyl (C=O) groups excluding carboxylic acids is 1. The Hall–Kier alpha value is -2.45. The third-order valence-electron chi connectivity index (χ3n) is 4.14. The van der Waals surface area contributed by atoms with Gasteiger partial charge in [-0.2, -0.15) is 5.10 Å². The van der Waals surface area contributed by atoms with Gasteiger partial charge in [-0.3, -0.25) is 9.89 Å². The Kier molecular flexibility index (Phi) is 4.97. The van der Waals surface area contributed by atoms with Crippen molar-refractivity contribution >= 4 is 34.9 Å². The van der Waals surface area contributed by atoms with Gasteiger partial charge in [-0.25, -0.2) is 8.51 Å². The van der Waals surface area contributed by atoms with E-state index in [1.165, 1.54) is 0 Å². The standard InChI is InChI=1S/C18H23N5O2S/c1-18(2,3)23-10-12-9-13(5-6-16(12)26(23)25)20-17-14(11-24)15(21-22-17)7-8-19-4/h5-9,11,19H,10H2,1-4H3,(H2,20,21,22)/b8-7-. The van der Waals surface area contributed by atoms with Crippen LogP contribution in [0.4, 0.5) is 11.5 Å². The van der Waals surface area contributed by atoms with Crippen molar-refractivity contribution in [2.75, 3.05) is 12.4 Å². The molecule has 138 valence electrons. The molecule has 26 heavy (non-hydrogen) atoms. The molecule has 1 aliphatic rings. The van der Waals surface area contributed by atoms with Crippen LogP contribution < -0.4 is 10.6 Å². The van der Waals surface area contributed by atoms with Gasteiger partial charge in [0.05, 0.1) is 16.2 Å². The first-order chi connectivity index (χ1) is 12.3. The van der Waals surface area contributed by atoms with Crippen molar-refractivity contribution in [1.82, 2.24) is 19.8 Å². The molecule has 0 radical (unpaired) electrons. The van der Waals surface area contributed by atoms with E-state index in [0.29, 0.717) is 23.6 Å². The smallest absolute Gasteiger partial charge is 0.163 e. The molecule has 2 aromatic rings. The second-order valence-electron chi connectivity index (χ2n) is 7.04. The van der Waals surface area contributed by atoms with Crippen LogP contribution in [-0.4, -0.2) is 37.6 Å². The van der Waals surface area contributed by atoms with Crippen LogP contribution in [-0.2, 0) is 17.5 Å². The zero-order chi connectivity index (χ0) is 18.9. The molecule has 0 fully saturated rings. The fraction of sp³-hybridized carbons (Fsp3) is 0.333. The van der Waals surface area contributed by atoms with Crippen LogP contribution in [0.25, 0.3) is 6.08 Å². The average molecular weight is 373 g/mol. The van der Waals surface area contributed by atoms with Crippen LogP contribution in [0.5, 0.6) is 0 Å². The first-order valence-electron chi connectivity index (χ1n) is 8.32. The lowest BCUT2D eigenvalue weighted by atomic mass is 10.1. The third kappa shape index (κ3) is 3.42. The van der Waals surface area contributed by atoms with E-state index < -0.39 is 11.0 Å². The van der Waals surface area contributed by atoms with Crippen LogP contribution >= 0.6 is 0 Å². The Morgan fingerprint density at radius 1 is 1.35 bits per heavy atom. The van der Waals surface area contributed by atoms with E-state index in [9.17, 15) is 9.00 Å². The molecule has 2 heterocycles. The number of anilines is 2. The molecule has 0 spiro atoms. The number of aldehydes is 1. The number of hydrogen-bond donors (Lipinski definition) is 3. The highest BCUT2D eigenvalue weighted by Gasteiger charge is 2.34. The van der Waals surface area contributed by atoms with Crippen LogP contribution in [0.15, 0.2) is 29.3 Å². The Morgan fingerprint density at radius 2 is 2.12 bits per heavy atom. The van der Waals surface area contributed by atoms with E-state index in [4.69, 9.17) is 0 Å². The average Bonchev–Trinajstić information content (AvgIpc) is 3.13. The molecular formula is C18H23N5O2S. The largest absolute Gasteiger partial charge is 0.394 e. The summed E-state index contributed by atoms with van der Waals surface area (Å²) in [5.74, 6) is 0.461. The number of H-pyrrole nitrogens is 1. The molecule has 7 nitrogen and oxygen atoms in total. The van der Waals surface area contributed by atoms with Crippen molar-refractivity contribution in [2.45, 2.75) is 37.8 Å². The molecule has 1 atom stereocenters. The minimum Gasteiger partial charge on any atom is -0.394 e. The number of nitrogens with zero attached hydrogens (tertiary/aromatic N) is 2. The molecule has 1 unspecified atom stereocenters. The van der Waals surface area contributed by atoms with Crippen LogP contribution in [0.1, 0.15) is 42.4 Å². The summed E-state index contributed by atoms with van der Waals surface area (Å²) in [4.78, 5) is 12.3. The summed E-state index contributed by atoms with van der Waals surface area (Å²) in [6.07, 6.45) is 4.23. The van der Waals surface area contributed by atoms with E-state index in [2.05, 4.69) is 41.6 Å². The molecule has 0 bridgehead atoms. The minimum absolute atomic E-state index is 0.182. The van der Waals surface area contributed by atoms with Crippen molar-refractivity contribution in [3.8, 4) is 0 Å². The summed E-state index contributed by atoms with van der Waals surface area (Å²) in [5, 5.41) is 13.1. The summed E-state index contributed by atoms with van der Waals surface area (Å²) in [6, 6.07) is 5.69. The minimum atomic E-state index is -1.15. The lowest BCUT2D eigenvalue weighted by Gasteiger charge is -2.29. The number of hydrogen-bond acceptors (Lipinski definition) is 5. The molecule has 0 aliphatic carbocycles. The van der Waals surface area contributed by atoms with E-state index in [-0.39, 0.29) is 5.54 Å². The molecule has 0 saturated heterocycles. The number of rotatable bonds is 5. The normalized spacial score (nSPS) is 17.5. The highest BCUT2D eigenvalue weighted by Crippen LogP contribution is 2.34. The number of aromatic amines is 1. The maximum absolute atomic E-state index is 12.7. The zero-order valence-electron chi connectivity index (χ0n) is 15.3. The van der Waals surface area contributed by atoms with Gasteiger partial charge in [0.15, 0.2) is 12.1 Å². The number of benzene rings is 1. The number of nitrogens with one attached hydrogen (secondary N) is 3. The quantitative estimate of drug-likeness (QED) is 0.701. The van der Waals surface area contributed by atoms with Gasteiger partial charge in [0.1, 0.15) is 11.0 Å². The molecule has 3 N–H and O–H groups in total. The van der Waals surface area contributed by atoms with Gasteiger partial charge >= 0.3 is 0 Å².